The number of amides is 1. The molecule has 55 heavy (non-hydrogen) atoms. The maximum Gasteiger partial charge on any atom is 0.415 e. The van der Waals surface area contributed by atoms with Crippen LogP contribution in [0.4, 0.5) is 23.7 Å². The number of fused-ring (bicyclic) bond motifs is 3. The number of piperidine rings is 3. The van der Waals surface area contributed by atoms with Gasteiger partial charge in [-0.05, 0) is 105 Å². The topological polar surface area (TPSA) is 91.7 Å². The number of anilines is 1. The summed E-state index contributed by atoms with van der Waals surface area (Å²) in [6.07, 6.45) is 6.46. The van der Waals surface area contributed by atoms with Gasteiger partial charge in [0, 0.05) is 18.5 Å². The molecule has 0 radical (unpaired) electrons. The molecule has 4 aromatic rings. The fourth-order valence-corrected chi connectivity index (χ4v) is 8.09. The number of benzene rings is 3. The van der Waals surface area contributed by atoms with E-state index in [0.29, 0.717) is 33.3 Å². The molecule has 4 heterocycles. The number of halogens is 5. The van der Waals surface area contributed by atoms with Crippen LogP contribution in [0, 0.1) is 11.7 Å². The molecule has 1 N–H and O–H groups in total. The van der Waals surface area contributed by atoms with E-state index in [1.54, 1.807) is 54.9 Å². The Hall–Kier alpha value is -4.52. The first kappa shape index (κ1) is 38.7. The van der Waals surface area contributed by atoms with Crippen LogP contribution in [0.25, 0.3) is 0 Å². The highest BCUT2D eigenvalue weighted by Crippen LogP contribution is 2.38. The van der Waals surface area contributed by atoms with Crippen LogP contribution in [0.2, 0.25) is 10.0 Å². The molecule has 9 nitrogen and oxygen atoms in total. The molecule has 3 aromatic carbocycles. The van der Waals surface area contributed by atoms with Gasteiger partial charge in [-0.15, -0.1) is 0 Å². The molecule has 0 unspecified atom stereocenters. The largest absolute Gasteiger partial charge is 0.487 e. The lowest BCUT2D eigenvalue weighted by atomic mass is 9.86. The number of carbonyl (C=O) groups is 2. The Balaban J connectivity index is 1.12. The molecule has 1 saturated carbocycles. The third-order valence-electron chi connectivity index (χ3n) is 10.5. The Morgan fingerprint density at radius 2 is 1.62 bits per heavy atom. The molecule has 2 bridgehead atoms. The number of carbonyl (C=O) groups excluding carboxylic acids is 2. The maximum atomic E-state index is 15.1. The number of nitrogens with one attached hydrogen (secondary N) is 1. The number of rotatable bonds is 13. The summed E-state index contributed by atoms with van der Waals surface area (Å²) in [5, 5.41) is 0.619. The summed E-state index contributed by atoms with van der Waals surface area (Å²) in [6.45, 7) is -0.464. The highest BCUT2D eigenvalue weighted by atomic mass is 35.5. The average molecular weight is 800 g/mol. The molecule has 3 aliphatic heterocycles. The highest BCUT2D eigenvalue weighted by Gasteiger charge is 2.38. The minimum Gasteiger partial charge on any atom is -0.487 e. The Kier molecular flexibility index (Phi) is 12.3. The van der Waals surface area contributed by atoms with Crippen LogP contribution in [-0.4, -0.2) is 55.4 Å². The van der Waals surface area contributed by atoms with Gasteiger partial charge in [0.1, 0.15) is 28.1 Å². The first-order valence-electron chi connectivity index (χ1n) is 18.5. The number of ether oxygens (including phenoxy) is 4. The minimum atomic E-state index is -3.07. The Morgan fingerprint density at radius 1 is 0.909 bits per heavy atom. The summed E-state index contributed by atoms with van der Waals surface area (Å²) in [5.41, 5.74) is 1.84. The van der Waals surface area contributed by atoms with Crippen LogP contribution >= 0.6 is 23.2 Å². The number of esters is 1. The van der Waals surface area contributed by atoms with Gasteiger partial charge in [-0.3, -0.25) is 9.80 Å². The second-order valence-corrected chi connectivity index (χ2v) is 14.9. The zero-order chi connectivity index (χ0) is 38.5. The molecule has 4 fully saturated rings. The first-order valence-corrected chi connectivity index (χ1v) is 19.2. The molecule has 290 valence electrons. The van der Waals surface area contributed by atoms with Crippen molar-refractivity contribution in [1.82, 2.24) is 4.90 Å². The molecule has 4 aliphatic rings. The highest BCUT2D eigenvalue weighted by molar-refractivity contribution is 6.35. The number of para-hydroxylation sites is 1. The lowest BCUT2D eigenvalue weighted by Gasteiger charge is -2.44. The van der Waals surface area contributed by atoms with Crippen molar-refractivity contribution in [2.24, 2.45) is 5.92 Å². The van der Waals surface area contributed by atoms with Crippen molar-refractivity contribution in [2.45, 2.75) is 76.4 Å². The molecule has 0 spiro atoms. The van der Waals surface area contributed by atoms with Gasteiger partial charge >= 0.3 is 18.7 Å². The second-order valence-electron chi connectivity index (χ2n) is 14.1. The Labute approximate surface area is 327 Å². The van der Waals surface area contributed by atoms with Gasteiger partial charge < -0.3 is 18.9 Å². The van der Waals surface area contributed by atoms with Gasteiger partial charge in [0.2, 0.25) is 0 Å². The Bertz CT molecular complexity index is 1960. The van der Waals surface area contributed by atoms with Crippen LogP contribution in [-0.2, 0) is 22.4 Å². The van der Waals surface area contributed by atoms with E-state index < -0.39 is 30.6 Å². The number of nitrogens with zero attached hydrogens (tertiary/aromatic N) is 2. The number of pyridine rings is 1. The summed E-state index contributed by atoms with van der Waals surface area (Å²) < 4.78 is 64.8. The van der Waals surface area contributed by atoms with Crippen molar-refractivity contribution in [3.63, 3.8) is 0 Å². The van der Waals surface area contributed by atoms with Crippen molar-refractivity contribution in [3.05, 3.63) is 117 Å². The van der Waals surface area contributed by atoms with Crippen molar-refractivity contribution in [1.29, 1.82) is 0 Å². The third kappa shape index (κ3) is 9.48. The number of hydrogen-bond acceptors (Lipinski definition) is 7. The van der Waals surface area contributed by atoms with Crippen molar-refractivity contribution in [3.8, 4) is 11.5 Å². The van der Waals surface area contributed by atoms with E-state index in [4.69, 9.17) is 42.1 Å². The smallest absolute Gasteiger partial charge is 0.415 e. The number of aromatic nitrogens is 1. The van der Waals surface area contributed by atoms with Crippen molar-refractivity contribution < 1.29 is 46.7 Å². The fourth-order valence-electron chi connectivity index (χ4n) is 7.56. The van der Waals surface area contributed by atoms with Gasteiger partial charge in [0.15, 0.2) is 23.9 Å². The fraction of sp³-hybridized carbons (Fsp3) is 0.390. The molecule has 1 aromatic heterocycles. The molecule has 1 amide bonds. The molecule has 8 rings (SSSR count). The summed E-state index contributed by atoms with van der Waals surface area (Å²) >= 11 is 13.0. The SMILES string of the molecule is O=C(O[C@@H](Cc1c(Cl)c[nH+]cc1Cl)c1ccc(OC(F)F)c(OC2CCCC2)c1)c1ccc(CN(C(=O)O[C@H]2CN3CCC2CC3)c2ccccc2F)cc1. The lowest BCUT2D eigenvalue weighted by molar-refractivity contribution is -0.377. The molecule has 14 heteroatoms. The van der Waals surface area contributed by atoms with Gasteiger partial charge in [-0.2, -0.15) is 8.78 Å². The van der Waals surface area contributed by atoms with E-state index in [0.717, 1.165) is 51.6 Å². The predicted octanol–water partition coefficient (Wildman–Crippen LogP) is 9.25. The van der Waals surface area contributed by atoms with E-state index in [-0.39, 0.29) is 53.8 Å². The summed E-state index contributed by atoms with van der Waals surface area (Å²) in [4.78, 5) is 33.8. The minimum absolute atomic E-state index is 0.0162. The van der Waals surface area contributed by atoms with E-state index in [9.17, 15) is 18.4 Å². The van der Waals surface area contributed by atoms with Crippen LogP contribution in [0.1, 0.15) is 71.7 Å². The van der Waals surface area contributed by atoms with E-state index in [1.165, 1.54) is 29.2 Å². The van der Waals surface area contributed by atoms with Crippen LogP contribution in [0.15, 0.2) is 79.1 Å². The third-order valence-corrected chi connectivity index (χ3v) is 11.2. The summed E-state index contributed by atoms with van der Waals surface area (Å²) in [5.74, 6) is -1.01. The normalized spacial score (nSPS) is 19.9. The van der Waals surface area contributed by atoms with Crippen molar-refractivity contribution >= 4 is 41.0 Å². The molecular weight excluding hydrogens is 758 g/mol. The van der Waals surface area contributed by atoms with Gasteiger partial charge in [-0.1, -0.05) is 53.5 Å². The standard InChI is InChI=1S/C41H40Cl2F3N3O6/c42-31-21-47-22-32(43)30(31)20-36(28-13-14-35(54-40(45)46)37(19-28)52-29-5-1-2-6-29)53-39(50)27-11-9-25(10-12-27)23-49(34-8-4-3-7-33(34)44)41(51)55-38-24-48-17-15-26(38)16-18-48/h3-4,7-14,19,21-22,26,29,36,38,40H,1-2,5-6,15-18,20,23-24H2/p+1/t36-,38-/m0/s1. The lowest BCUT2D eigenvalue weighted by Crippen LogP contribution is -2.53. The number of H-pyrrole nitrogens is 1. The summed E-state index contributed by atoms with van der Waals surface area (Å²) in [6, 6.07) is 16.9. The summed E-state index contributed by atoms with van der Waals surface area (Å²) in [7, 11) is 0. The number of alkyl halides is 2. The zero-order valence-electron chi connectivity index (χ0n) is 29.9. The van der Waals surface area contributed by atoms with E-state index in [2.05, 4.69) is 9.88 Å². The zero-order valence-corrected chi connectivity index (χ0v) is 31.4. The molecule has 1 aliphatic carbocycles. The average Bonchev–Trinajstić information content (AvgIpc) is 3.69. The maximum absolute atomic E-state index is 15.1. The predicted molar refractivity (Wildman–Crippen MR) is 199 cm³/mol. The Morgan fingerprint density at radius 3 is 2.27 bits per heavy atom. The molecule has 3 saturated heterocycles. The molecule has 2 atom stereocenters. The van der Waals surface area contributed by atoms with Crippen molar-refractivity contribution in [2.75, 3.05) is 24.5 Å². The molecular formula is C41H41Cl2F3N3O6+. The second kappa shape index (κ2) is 17.5. The van der Waals surface area contributed by atoms with Crippen LogP contribution in [0.5, 0.6) is 11.5 Å². The quantitative estimate of drug-likeness (QED) is 0.125. The number of hydrogen-bond donors (Lipinski definition) is 0. The van der Waals surface area contributed by atoms with Gasteiger partial charge in [-0.25, -0.2) is 19.0 Å². The van der Waals surface area contributed by atoms with Crippen LogP contribution < -0.4 is 19.4 Å². The van der Waals surface area contributed by atoms with E-state index >= 15 is 4.39 Å². The van der Waals surface area contributed by atoms with Crippen LogP contribution in [0.3, 0.4) is 0 Å². The monoisotopic (exact) mass is 798 g/mol. The van der Waals surface area contributed by atoms with Gasteiger partial charge in [0.25, 0.3) is 0 Å². The number of aromatic amines is 1. The van der Waals surface area contributed by atoms with E-state index in [1.807, 2.05) is 0 Å². The first-order chi connectivity index (χ1) is 26.6. The van der Waals surface area contributed by atoms with Gasteiger partial charge in [0.05, 0.1) is 23.9 Å².